The zero-order valence-corrected chi connectivity index (χ0v) is 9.07. The predicted octanol–water partition coefficient (Wildman–Crippen LogP) is 1.36. The van der Waals surface area contributed by atoms with Crippen molar-refractivity contribution >= 4 is 0 Å². The molecule has 0 aromatic rings. The van der Waals surface area contributed by atoms with Crippen molar-refractivity contribution < 1.29 is 18.9 Å². The van der Waals surface area contributed by atoms with Gasteiger partial charge < -0.3 is 6.92 Å². The third kappa shape index (κ3) is 13.2. The van der Waals surface area contributed by atoms with Crippen LogP contribution in [0.25, 0.3) is 0 Å². The van der Waals surface area contributed by atoms with Gasteiger partial charge in [0.25, 0.3) is 0 Å². The third-order valence-electron chi connectivity index (χ3n) is 2.10. The standard InChI is InChI=1S/C11H23.Li/c1-3-5-7-9-11-10-8-6-4-2;/h1,3-11H2,2H3;/q-1;+1. The Balaban J connectivity index is 0. The van der Waals surface area contributed by atoms with E-state index >= 15 is 0 Å². The van der Waals surface area contributed by atoms with E-state index < -0.39 is 0 Å². The van der Waals surface area contributed by atoms with Crippen molar-refractivity contribution in [3.63, 3.8) is 0 Å². The molecule has 1 heteroatoms. The summed E-state index contributed by atoms with van der Waals surface area (Å²) in [5, 5.41) is 0. The minimum absolute atomic E-state index is 0. The van der Waals surface area contributed by atoms with Crippen LogP contribution in [0.15, 0.2) is 0 Å². The van der Waals surface area contributed by atoms with Crippen molar-refractivity contribution in [3.8, 4) is 0 Å². The molecule has 0 aromatic carbocycles. The molecule has 0 aliphatic rings. The van der Waals surface area contributed by atoms with Crippen LogP contribution in [-0.4, -0.2) is 0 Å². The smallest absolute Gasteiger partial charge is 0.343 e. The van der Waals surface area contributed by atoms with Crippen LogP contribution in [0.4, 0.5) is 0 Å². The molecule has 0 aliphatic heterocycles. The summed E-state index contributed by atoms with van der Waals surface area (Å²) in [4.78, 5) is 0. The fourth-order valence-electron chi connectivity index (χ4n) is 1.31. The maximum absolute atomic E-state index is 3.83. The Morgan fingerprint density at radius 2 is 1.17 bits per heavy atom. The molecule has 0 amide bonds. The SMILES string of the molecule is [CH2-]CCCCCCCCCC.[Li+]. The van der Waals surface area contributed by atoms with Gasteiger partial charge in [0, 0.05) is 0 Å². The summed E-state index contributed by atoms with van der Waals surface area (Å²) in [6.45, 7) is 6.10. The maximum Gasteiger partial charge on any atom is 1.00 e. The molecule has 68 valence electrons. The molecule has 0 nitrogen and oxygen atoms in total. The summed E-state index contributed by atoms with van der Waals surface area (Å²) < 4.78 is 0. The fraction of sp³-hybridized carbons (Fsp3) is 0.909. The van der Waals surface area contributed by atoms with Gasteiger partial charge in [0.05, 0.1) is 0 Å². The molecule has 0 aromatic heterocycles. The van der Waals surface area contributed by atoms with Gasteiger partial charge in [-0.25, -0.2) is 0 Å². The summed E-state index contributed by atoms with van der Waals surface area (Å²) in [6.07, 6.45) is 12.4. The molecule has 0 unspecified atom stereocenters. The molecule has 0 heterocycles. The Hall–Kier alpha value is 0.597. The average Bonchev–Trinajstić information content (AvgIpc) is 2.03. The van der Waals surface area contributed by atoms with Crippen molar-refractivity contribution in [1.82, 2.24) is 0 Å². The van der Waals surface area contributed by atoms with Crippen LogP contribution in [0.5, 0.6) is 0 Å². The van der Waals surface area contributed by atoms with Crippen molar-refractivity contribution in [2.75, 3.05) is 0 Å². The second kappa shape index (κ2) is 14.1. The first-order valence-electron chi connectivity index (χ1n) is 5.21. The molecule has 0 saturated heterocycles. The van der Waals surface area contributed by atoms with Gasteiger partial charge in [-0.05, 0) is 0 Å². The van der Waals surface area contributed by atoms with Gasteiger partial charge in [-0.3, -0.25) is 0 Å². The number of rotatable bonds is 8. The van der Waals surface area contributed by atoms with Crippen LogP contribution in [0.2, 0.25) is 0 Å². The van der Waals surface area contributed by atoms with Gasteiger partial charge in [-0.1, -0.05) is 58.3 Å². The first-order chi connectivity index (χ1) is 5.41. The number of hydrogen-bond donors (Lipinski definition) is 0. The van der Waals surface area contributed by atoms with E-state index in [2.05, 4.69) is 13.8 Å². The van der Waals surface area contributed by atoms with Crippen molar-refractivity contribution in [2.45, 2.75) is 64.7 Å². The van der Waals surface area contributed by atoms with Gasteiger partial charge in [-0.15, -0.1) is 0 Å². The molecular weight excluding hydrogens is 139 g/mol. The van der Waals surface area contributed by atoms with E-state index in [4.69, 9.17) is 0 Å². The molecule has 0 saturated carbocycles. The van der Waals surface area contributed by atoms with Crippen LogP contribution in [0.1, 0.15) is 64.7 Å². The number of hydrogen-bond acceptors (Lipinski definition) is 0. The summed E-state index contributed by atoms with van der Waals surface area (Å²) in [6, 6.07) is 0. The molecule has 0 radical (unpaired) electrons. The number of unbranched alkanes of at least 4 members (excludes halogenated alkanes) is 8. The molecule has 0 N–H and O–H groups in total. The Morgan fingerprint density at radius 1 is 0.750 bits per heavy atom. The zero-order chi connectivity index (χ0) is 8.36. The Labute approximate surface area is 90.7 Å². The van der Waals surface area contributed by atoms with Gasteiger partial charge >= 0.3 is 18.9 Å². The topological polar surface area (TPSA) is 0 Å². The van der Waals surface area contributed by atoms with E-state index in [9.17, 15) is 0 Å². The second-order valence-electron chi connectivity index (χ2n) is 3.33. The van der Waals surface area contributed by atoms with E-state index in [1.54, 1.807) is 0 Å². The Bertz CT molecular complexity index is 54.0. The molecule has 0 fully saturated rings. The van der Waals surface area contributed by atoms with Crippen LogP contribution in [0.3, 0.4) is 0 Å². The van der Waals surface area contributed by atoms with Crippen LogP contribution in [0, 0.1) is 6.92 Å². The van der Waals surface area contributed by atoms with Gasteiger partial charge in [0.1, 0.15) is 0 Å². The van der Waals surface area contributed by atoms with E-state index in [0.29, 0.717) is 0 Å². The zero-order valence-electron chi connectivity index (χ0n) is 9.07. The predicted molar refractivity (Wildman–Crippen MR) is 52.6 cm³/mol. The van der Waals surface area contributed by atoms with Crippen molar-refractivity contribution in [1.29, 1.82) is 0 Å². The third-order valence-corrected chi connectivity index (χ3v) is 2.10. The molecule has 0 bridgehead atoms. The van der Waals surface area contributed by atoms with Crippen LogP contribution >= 0.6 is 0 Å². The van der Waals surface area contributed by atoms with E-state index in [0.717, 1.165) is 6.42 Å². The Morgan fingerprint density at radius 3 is 1.58 bits per heavy atom. The van der Waals surface area contributed by atoms with E-state index in [1.807, 2.05) is 0 Å². The average molecular weight is 162 g/mol. The first kappa shape index (κ1) is 15.1. The summed E-state index contributed by atoms with van der Waals surface area (Å²) in [5.74, 6) is 0. The molecule has 12 heavy (non-hydrogen) atoms. The molecular formula is C11H23Li. The Kier molecular flexibility index (Phi) is 17.8. The monoisotopic (exact) mass is 162 g/mol. The summed E-state index contributed by atoms with van der Waals surface area (Å²) in [7, 11) is 0. The van der Waals surface area contributed by atoms with Gasteiger partial charge in [0.2, 0.25) is 0 Å². The summed E-state index contributed by atoms with van der Waals surface area (Å²) >= 11 is 0. The molecule has 0 rings (SSSR count). The quantitative estimate of drug-likeness (QED) is 0.287. The first-order valence-corrected chi connectivity index (χ1v) is 5.21. The van der Waals surface area contributed by atoms with E-state index in [-0.39, 0.29) is 18.9 Å². The van der Waals surface area contributed by atoms with Gasteiger partial charge in [-0.2, -0.15) is 6.42 Å². The van der Waals surface area contributed by atoms with Crippen molar-refractivity contribution in [2.24, 2.45) is 0 Å². The van der Waals surface area contributed by atoms with Crippen LogP contribution in [-0.2, 0) is 0 Å². The second-order valence-corrected chi connectivity index (χ2v) is 3.33. The molecule has 0 atom stereocenters. The normalized spacial score (nSPS) is 9.50. The minimum Gasteiger partial charge on any atom is -0.343 e. The molecule has 0 aliphatic carbocycles. The fourth-order valence-corrected chi connectivity index (χ4v) is 1.31. The minimum atomic E-state index is 0. The van der Waals surface area contributed by atoms with Crippen LogP contribution < -0.4 is 18.9 Å². The summed E-state index contributed by atoms with van der Waals surface area (Å²) in [5.41, 5.74) is 0. The van der Waals surface area contributed by atoms with E-state index in [1.165, 1.54) is 51.4 Å². The van der Waals surface area contributed by atoms with Crippen molar-refractivity contribution in [3.05, 3.63) is 6.92 Å². The van der Waals surface area contributed by atoms with Gasteiger partial charge in [0.15, 0.2) is 0 Å². The maximum atomic E-state index is 3.83. The molecule has 0 spiro atoms. The largest absolute Gasteiger partial charge is 1.00 e.